The molecule has 2 amide bonds. The highest BCUT2D eigenvalue weighted by Crippen LogP contribution is 2.08. The number of amides is 2. The van der Waals surface area contributed by atoms with Crippen LogP contribution in [0.3, 0.4) is 0 Å². The lowest BCUT2D eigenvalue weighted by Gasteiger charge is -2.17. The van der Waals surface area contributed by atoms with E-state index < -0.39 is 0 Å². The SMILES string of the molecule is Cc1ccc(CNC(=O)N(C)Cc2ccsc2)cc1. The third-order valence-corrected chi connectivity index (χ3v) is 3.64. The highest BCUT2D eigenvalue weighted by molar-refractivity contribution is 7.07. The molecule has 1 N–H and O–H groups in total. The zero-order valence-electron chi connectivity index (χ0n) is 11.2. The van der Waals surface area contributed by atoms with Gasteiger partial charge in [0.1, 0.15) is 0 Å². The second-order valence-corrected chi connectivity index (χ2v) is 5.41. The minimum Gasteiger partial charge on any atom is -0.334 e. The van der Waals surface area contributed by atoms with Gasteiger partial charge in [0.25, 0.3) is 0 Å². The van der Waals surface area contributed by atoms with Crippen molar-refractivity contribution in [1.29, 1.82) is 0 Å². The third kappa shape index (κ3) is 4.10. The molecule has 4 heteroatoms. The van der Waals surface area contributed by atoms with E-state index in [9.17, 15) is 4.79 Å². The van der Waals surface area contributed by atoms with Crippen LogP contribution in [0.25, 0.3) is 0 Å². The first-order valence-electron chi connectivity index (χ1n) is 6.21. The number of hydrogen-bond acceptors (Lipinski definition) is 2. The molecule has 0 atom stereocenters. The summed E-state index contributed by atoms with van der Waals surface area (Å²) in [7, 11) is 1.81. The van der Waals surface area contributed by atoms with Crippen LogP contribution in [0.4, 0.5) is 4.79 Å². The van der Waals surface area contributed by atoms with E-state index in [4.69, 9.17) is 0 Å². The van der Waals surface area contributed by atoms with Crippen molar-refractivity contribution in [3.63, 3.8) is 0 Å². The van der Waals surface area contributed by atoms with Gasteiger partial charge in [-0.3, -0.25) is 0 Å². The summed E-state index contributed by atoms with van der Waals surface area (Å²) < 4.78 is 0. The molecule has 0 bridgehead atoms. The van der Waals surface area contributed by atoms with Crippen LogP contribution in [-0.4, -0.2) is 18.0 Å². The Morgan fingerprint density at radius 3 is 2.58 bits per heavy atom. The Morgan fingerprint density at radius 1 is 1.21 bits per heavy atom. The third-order valence-electron chi connectivity index (χ3n) is 2.91. The normalized spacial score (nSPS) is 10.2. The number of rotatable bonds is 4. The molecule has 0 aliphatic carbocycles. The van der Waals surface area contributed by atoms with E-state index in [1.165, 1.54) is 5.56 Å². The highest BCUT2D eigenvalue weighted by Gasteiger charge is 2.08. The number of thiophene rings is 1. The Balaban J connectivity index is 1.82. The molecule has 100 valence electrons. The number of carbonyl (C=O) groups excluding carboxylic acids is 1. The number of hydrogen-bond donors (Lipinski definition) is 1. The van der Waals surface area contributed by atoms with E-state index >= 15 is 0 Å². The Hall–Kier alpha value is -1.81. The van der Waals surface area contributed by atoms with Gasteiger partial charge in [0.2, 0.25) is 0 Å². The average molecular weight is 274 g/mol. The molecule has 1 aromatic heterocycles. The van der Waals surface area contributed by atoms with Crippen molar-refractivity contribution in [2.75, 3.05) is 7.05 Å². The molecule has 3 nitrogen and oxygen atoms in total. The van der Waals surface area contributed by atoms with Crippen molar-refractivity contribution in [1.82, 2.24) is 10.2 Å². The second kappa shape index (κ2) is 6.38. The zero-order chi connectivity index (χ0) is 13.7. The maximum atomic E-state index is 11.9. The van der Waals surface area contributed by atoms with Gasteiger partial charge in [0, 0.05) is 20.1 Å². The van der Waals surface area contributed by atoms with Crippen LogP contribution in [0.2, 0.25) is 0 Å². The largest absolute Gasteiger partial charge is 0.334 e. The van der Waals surface area contributed by atoms with E-state index in [0.29, 0.717) is 13.1 Å². The Bertz CT molecular complexity index is 520. The summed E-state index contributed by atoms with van der Waals surface area (Å²) in [6.07, 6.45) is 0. The molecule has 0 saturated carbocycles. The van der Waals surface area contributed by atoms with Crippen LogP contribution in [0.5, 0.6) is 0 Å². The molecule has 0 aliphatic rings. The quantitative estimate of drug-likeness (QED) is 0.910. The van der Waals surface area contributed by atoms with Gasteiger partial charge >= 0.3 is 6.03 Å². The summed E-state index contributed by atoms with van der Waals surface area (Å²) in [4.78, 5) is 13.6. The summed E-state index contributed by atoms with van der Waals surface area (Å²) in [6, 6.07) is 10.2. The predicted molar refractivity (Wildman–Crippen MR) is 79.2 cm³/mol. The predicted octanol–water partition coefficient (Wildman–Crippen LogP) is 3.40. The van der Waals surface area contributed by atoms with Gasteiger partial charge in [-0.05, 0) is 34.9 Å². The van der Waals surface area contributed by atoms with Crippen LogP contribution in [0.15, 0.2) is 41.1 Å². The van der Waals surface area contributed by atoms with Crippen molar-refractivity contribution in [2.45, 2.75) is 20.0 Å². The second-order valence-electron chi connectivity index (χ2n) is 4.63. The van der Waals surface area contributed by atoms with Gasteiger partial charge in [-0.1, -0.05) is 29.8 Å². The first-order chi connectivity index (χ1) is 9.15. The van der Waals surface area contributed by atoms with Gasteiger partial charge in [-0.15, -0.1) is 0 Å². The number of nitrogens with one attached hydrogen (secondary N) is 1. The van der Waals surface area contributed by atoms with Crippen molar-refractivity contribution in [3.8, 4) is 0 Å². The molecule has 19 heavy (non-hydrogen) atoms. The maximum absolute atomic E-state index is 11.9. The fourth-order valence-electron chi connectivity index (χ4n) is 1.75. The van der Waals surface area contributed by atoms with E-state index in [1.54, 1.807) is 16.2 Å². The van der Waals surface area contributed by atoms with Crippen LogP contribution >= 0.6 is 11.3 Å². The molecule has 1 aromatic carbocycles. The van der Waals surface area contributed by atoms with Gasteiger partial charge < -0.3 is 10.2 Å². The molecular formula is C15H18N2OS. The van der Waals surface area contributed by atoms with Crippen LogP contribution in [-0.2, 0) is 13.1 Å². The van der Waals surface area contributed by atoms with Gasteiger partial charge in [-0.2, -0.15) is 11.3 Å². The first kappa shape index (κ1) is 13.6. The molecule has 2 rings (SSSR count). The minimum atomic E-state index is -0.0493. The lowest BCUT2D eigenvalue weighted by molar-refractivity contribution is 0.206. The average Bonchev–Trinajstić information content (AvgIpc) is 2.90. The number of nitrogens with zero attached hydrogens (tertiary/aromatic N) is 1. The number of aryl methyl sites for hydroxylation is 1. The zero-order valence-corrected chi connectivity index (χ0v) is 12.0. The van der Waals surface area contributed by atoms with Crippen LogP contribution < -0.4 is 5.32 Å². The van der Waals surface area contributed by atoms with Crippen molar-refractivity contribution in [2.24, 2.45) is 0 Å². The summed E-state index contributed by atoms with van der Waals surface area (Å²) in [6.45, 7) is 3.26. The molecule has 0 saturated heterocycles. The minimum absolute atomic E-state index is 0.0493. The Labute approximate surface area is 117 Å². The summed E-state index contributed by atoms with van der Waals surface area (Å²) in [5, 5.41) is 7.00. The standard InChI is InChI=1S/C15H18N2OS/c1-12-3-5-13(6-4-12)9-16-15(18)17(2)10-14-7-8-19-11-14/h3-8,11H,9-10H2,1-2H3,(H,16,18). The molecular weight excluding hydrogens is 256 g/mol. The highest BCUT2D eigenvalue weighted by atomic mass is 32.1. The Morgan fingerprint density at radius 2 is 1.95 bits per heavy atom. The van der Waals surface area contributed by atoms with E-state index in [-0.39, 0.29) is 6.03 Å². The summed E-state index contributed by atoms with van der Waals surface area (Å²) in [5.74, 6) is 0. The molecule has 0 radical (unpaired) electrons. The maximum Gasteiger partial charge on any atom is 0.317 e. The van der Waals surface area contributed by atoms with Crippen molar-refractivity contribution in [3.05, 3.63) is 57.8 Å². The number of urea groups is 1. The van der Waals surface area contributed by atoms with Crippen molar-refractivity contribution >= 4 is 17.4 Å². The van der Waals surface area contributed by atoms with Gasteiger partial charge in [-0.25, -0.2) is 4.79 Å². The number of benzene rings is 1. The number of carbonyl (C=O) groups is 1. The Kier molecular flexibility index (Phi) is 4.58. The smallest absolute Gasteiger partial charge is 0.317 e. The van der Waals surface area contributed by atoms with Gasteiger partial charge in [0.15, 0.2) is 0 Å². The van der Waals surface area contributed by atoms with E-state index in [0.717, 1.165) is 11.1 Å². The fourth-order valence-corrected chi connectivity index (χ4v) is 2.41. The van der Waals surface area contributed by atoms with Crippen LogP contribution in [0.1, 0.15) is 16.7 Å². The van der Waals surface area contributed by atoms with Crippen molar-refractivity contribution < 1.29 is 4.79 Å². The molecule has 0 aliphatic heterocycles. The van der Waals surface area contributed by atoms with Gasteiger partial charge in [0.05, 0.1) is 0 Å². The molecule has 1 heterocycles. The topological polar surface area (TPSA) is 32.3 Å². The summed E-state index contributed by atoms with van der Waals surface area (Å²) in [5.41, 5.74) is 3.51. The lowest BCUT2D eigenvalue weighted by atomic mass is 10.1. The monoisotopic (exact) mass is 274 g/mol. The lowest BCUT2D eigenvalue weighted by Crippen LogP contribution is -2.36. The van der Waals surface area contributed by atoms with E-state index in [2.05, 4.69) is 29.8 Å². The van der Waals surface area contributed by atoms with Crippen LogP contribution in [0, 0.1) is 6.92 Å². The molecule has 0 fully saturated rings. The molecule has 0 unspecified atom stereocenters. The first-order valence-corrected chi connectivity index (χ1v) is 7.15. The summed E-state index contributed by atoms with van der Waals surface area (Å²) >= 11 is 1.65. The molecule has 2 aromatic rings. The molecule has 0 spiro atoms. The van der Waals surface area contributed by atoms with E-state index in [1.807, 2.05) is 30.6 Å². The fraction of sp³-hybridized carbons (Fsp3) is 0.267.